The number of hydrogen-bond donors (Lipinski definition) is 2. The normalized spacial score (nSPS) is 26.0. The quantitative estimate of drug-likeness (QED) is 0.400. The molecule has 3 aliphatic rings. The van der Waals surface area contributed by atoms with Crippen LogP contribution in [-0.2, 0) is 10.2 Å². The molecule has 2 atom stereocenters. The number of benzene rings is 1. The predicted octanol–water partition coefficient (Wildman–Crippen LogP) is 2.65. The first-order valence-electron chi connectivity index (χ1n) is 9.15. The zero-order valence-electron chi connectivity index (χ0n) is 15.4. The number of rotatable bonds is 4. The van der Waals surface area contributed by atoms with E-state index in [-0.39, 0.29) is 29.4 Å². The van der Waals surface area contributed by atoms with Crippen LogP contribution in [0.3, 0.4) is 0 Å². The third-order valence-corrected chi connectivity index (χ3v) is 5.68. The average molecular weight is 473 g/mol. The van der Waals surface area contributed by atoms with Crippen molar-refractivity contribution >= 4 is 29.9 Å². The molecule has 26 heavy (non-hydrogen) atoms. The maximum absolute atomic E-state index is 5.63. The third-order valence-electron chi connectivity index (χ3n) is 5.68. The number of fused-ring (bicyclic) bond motifs is 1. The lowest BCUT2D eigenvalue weighted by atomic mass is 9.74. The molecular formula is C19H28IN3O3. The van der Waals surface area contributed by atoms with Crippen molar-refractivity contribution in [2.45, 2.75) is 37.6 Å². The molecule has 7 heteroatoms. The summed E-state index contributed by atoms with van der Waals surface area (Å²) in [5, 5.41) is 7.05. The van der Waals surface area contributed by atoms with Gasteiger partial charge < -0.3 is 24.8 Å². The standard InChI is InChI=1S/C19H27N3O3.HI/c1-13-9-15(13)22-18(20-2)21-11-19(5-7-23-8-6-19)14-3-4-16-17(10-14)25-12-24-16;/h3-4,10,13,15H,5-9,11-12H2,1-2H3,(H2,20,21,22);1H. The highest BCUT2D eigenvalue weighted by Gasteiger charge is 2.37. The SMILES string of the molecule is CN=C(NCC1(c2ccc3c(c2)OCO3)CCOCC1)NC1CC1C.I. The number of nitrogens with zero attached hydrogens (tertiary/aromatic N) is 1. The average Bonchev–Trinajstić information content (AvgIpc) is 3.14. The van der Waals surface area contributed by atoms with E-state index < -0.39 is 0 Å². The predicted molar refractivity (Wildman–Crippen MR) is 112 cm³/mol. The molecule has 144 valence electrons. The topological polar surface area (TPSA) is 64.1 Å². The Morgan fingerprint density at radius 1 is 1.23 bits per heavy atom. The highest BCUT2D eigenvalue weighted by atomic mass is 127. The van der Waals surface area contributed by atoms with Crippen molar-refractivity contribution in [2.75, 3.05) is 33.6 Å². The lowest BCUT2D eigenvalue weighted by molar-refractivity contribution is 0.0513. The molecular weight excluding hydrogens is 445 g/mol. The molecule has 2 unspecified atom stereocenters. The number of hydrogen-bond acceptors (Lipinski definition) is 4. The van der Waals surface area contributed by atoms with Gasteiger partial charge in [0, 0.05) is 38.3 Å². The fraction of sp³-hybridized carbons (Fsp3) is 0.632. The summed E-state index contributed by atoms with van der Waals surface area (Å²) in [6, 6.07) is 6.88. The number of halogens is 1. The summed E-state index contributed by atoms with van der Waals surface area (Å²) in [6.07, 6.45) is 3.19. The van der Waals surface area contributed by atoms with Gasteiger partial charge in [0.05, 0.1) is 0 Å². The molecule has 0 aromatic heterocycles. The van der Waals surface area contributed by atoms with E-state index in [1.54, 1.807) is 0 Å². The number of guanidine groups is 1. The van der Waals surface area contributed by atoms with Crippen LogP contribution in [0.25, 0.3) is 0 Å². The van der Waals surface area contributed by atoms with E-state index in [1.807, 2.05) is 13.1 Å². The molecule has 0 bridgehead atoms. The highest BCUT2D eigenvalue weighted by Crippen LogP contribution is 2.40. The van der Waals surface area contributed by atoms with Crippen LogP contribution in [-0.4, -0.2) is 45.6 Å². The van der Waals surface area contributed by atoms with Crippen molar-refractivity contribution in [1.29, 1.82) is 0 Å². The van der Waals surface area contributed by atoms with Crippen molar-refractivity contribution in [1.82, 2.24) is 10.6 Å². The van der Waals surface area contributed by atoms with Crippen LogP contribution >= 0.6 is 24.0 Å². The molecule has 2 aliphatic heterocycles. The molecule has 2 N–H and O–H groups in total. The van der Waals surface area contributed by atoms with Crippen molar-refractivity contribution < 1.29 is 14.2 Å². The molecule has 0 amide bonds. The molecule has 0 radical (unpaired) electrons. The zero-order valence-corrected chi connectivity index (χ0v) is 17.7. The van der Waals surface area contributed by atoms with E-state index in [1.165, 1.54) is 12.0 Å². The van der Waals surface area contributed by atoms with E-state index in [4.69, 9.17) is 14.2 Å². The molecule has 2 fully saturated rings. The minimum atomic E-state index is 0. The van der Waals surface area contributed by atoms with E-state index in [2.05, 4.69) is 34.7 Å². The maximum atomic E-state index is 5.63. The van der Waals surface area contributed by atoms with Crippen molar-refractivity contribution in [3.05, 3.63) is 23.8 Å². The van der Waals surface area contributed by atoms with Crippen LogP contribution in [0.1, 0.15) is 31.7 Å². The Kier molecular flexibility index (Phi) is 6.17. The summed E-state index contributed by atoms with van der Waals surface area (Å²) in [5.41, 5.74) is 1.30. The third kappa shape index (κ3) is 4.03. The van der Waals surface area contributed by atoms with Gasteiger partial charge in [0.1, 0.15) is 0 Å². The molecule has 1 aliphatic carbocycles. The fourth-order valence-corrected chi connectivity index (χ4v) is 3.70. The van der Waals surface area contributed by atoms with Gasteiger partial charge in [-0.2, -0.15) is 0 Å². The number of nitrogens with one attached hydrogen (secondary N) is 2. The van der Waals surface area contributed by atoms with Gasteiger partial charge in [0.25, 0.3) is 0 Å². The van der Waals surface area contributed by atoms with Gasteiger partial charge in [-0.3, -0.25) is 4.99 Å². The summed E-state index contributed by atoms with van der Waals surface area (Å²) in [5.74, 6) is 3.31. The largest absolute Gasteiger partial charge is 0.454 e. The molecule has 6 nitrogen and oxygen atoms in total. The van der Waals surface area contributed by atoms with Crippen LogP contribution in [0.4, 0.5) is 0 Å². The van der Waals surface area contributed by atoms with Crippen LogP contribution in [0.15, 0.2) is 23.2 Å². The smallest absolute Gasteiger partial charge is 0.231 e. The molecule has 1 aromatic rings. The van der Waals surface area contributed by atoms with Gasteiger partial charge in [0.15, 0.2) is 17.5 Å². The first-order chi connectivity index (χ1) is 12.2. The summed E-state index contributed by atoms with van der Waals surface area (Å²) in [6.45, 7) is 4.96. The maximum Gasteiger partial charge on any atom is 0.231 e. The molecule has 1 aromatic carbocycles. The Morgan fingerprint density at radius 2 is 1.96 bits per heavy atom. The minimum Gasteiger partial charge on any atom is -0.454 e. The summed E-state index contributed by atoms with van der Waals surface area (Å²) in [7, 11) is 1.83. The molecule has 4 rings (SSSR count). The second-order valence-corrected chi connectivity index (χ2v) is 7.35. The Labute approximate surface area is 172 Å². The van der Waals surface area contributed by atoms with Gasteiger partial charge in [-0.25, -0.2) is 0 Å². The number of ether oxygens (including phenoxy) is 3. The second kappa shape index (κ2) is 8.21. The molecule has 2 heterocycles. The van der Waals surface area contributed by atoms with Crippen LogP contribution in [0.5, 0.6) is 11.5 Å². The van der Waals surface area contributed by atoms with Gasteiger partial charge in [-0.1, -0.05) is 13.0 Å². The van der Waals surface area contributed by atoms with E-state index >= 15 is 0 Å². The fourth-order valence-electron chi connectivity index (χ4n) is 3.70. The second-order valence-electron chi connectivity index (χ2n) is 7.35. The Balaban J connectivity index is 0.00000196. The van der Waals surface area contributed by atoms with Gasteiger partial charge in [-0.15, -0.1) is 24.0 Å². The first kappa shape index (κ1) is 19.5. The minimum absolute atomic E-state index is 0. The molecule has 1 saturated heterocycles. The van der Waals surface area contributed by atoms with Crippen molar-refractivity contribution in [3.8, 4) is 11.5 Å². The van der Waals surface area contributed by atoms with Gasteiger partial charge in [0.2, 0.25) is 6.79 Å². The van der Waals surface area contributed by atoms with E-state index in [0.29, 0.717) is 12.8 Å². The van der Waals surface area contributed by atoms with Crippen molar-refractivity contribution in [2.24, 2.45) is 10.9 Å². The Bertz CT molecular complexity index is 661. The van der Waals surface area contributed by atoms with Crippen molar-refractivity contribution in [3.63, 3.8) is 0 Å². The Morgan fingerprint density at radius 3 is 2.65 bits per heavy atom. The Hall–Kier alpha value is -1.22. The van der Waals surface area contributed by atoms with Crippen LogP contribution in [0, 0.1) is 5.92 Å². The summed E-state index contributed by atoms with van der Waals surface area (Å²) in [4.78, 5) is 4.39. The van der Waals surface area contributed by atoms with Gasteiger partial charge in [-0.05, 0) is 42.9 Å². The van der Waals surface area contributed by atoms with Crippen LogP contribution < -0.4 is 20.1 Å². The molecule has 1 saturated carbocycles. The lowest BCUT2D eigenvalue weighted by Gasteiger charge is -2.38. The first-order valence-corrected chi connectivity index (χ1v) is 9.15. The van der Waals surface area contributed by atoms with Crippen LogP contribution in [0.2, 0.25) is 0 Å². The van der Waals surface area contributed by atoms with E-state index in [0.717, 1.165) is 56.0 Å². The lowest BCUT2D eigenvalue weighted by Crippen LogP contribution is -2.48. The number of aliphatic imine (C=N–C) groups is 1. The van der Waals surface area contributed by atoms with E-state index in [9.17, 15) is 0 Å². The summed E-state index contributed by atoms with van der Waals surface area (Å²) >= 11 is 0. The van der Waals surface area contributed by atoms with Gasteiger partial charge >= 0.3 is 0 Å². The summed E-state index contributed by atoms with van der Waals surface area (Å²) < 4.78 is 16.7. The monoisotopic (exact) mass is 473 g/mol. The highest BCUT2D eigenvalue weighted by molar-refractivity contribution is 14.0. The molecule has 0 spiro atoms. The zero-order chi connectivity index (χ0) is 17.3.